The highest BCUT2D eigenvalue weighted by Gasteiger charge is 1.72. The molecule has 0 radical (unpaired) electrons. The molecular formula is C6H19N3O2. The Morgan fingerprint density at radius 1 is 1.18 bits per heavy atom. The van der Waals surface area contributed by atoms with Crippen LogP contribution in [0.2, 0.25) is 0 Å². The Hall–Kier alpha value is -1.26. The number of carbonyl (C=O) groups excluding carboxylic acids is 2. The molecule has 0 saturated heterocycles. The minimum atomic E-state index is -0.495. The SMILES string of the molecule is C.C.CC(N)=O.CNC(N)=O. The highest BCUT2D eigenvalue weighted by molar-refractivity contribution is 5.71. The van der Waals surface area contributed by atoms with E-state index in [2.05, 4.69) is 16.8 Å². The van der Waals surface area contributed by atoms with Gasteiger partial charge in [0.25, 0.3) is 0 Å². The van der Waals surface area contributed by atoms with Crippen molar-refractivity contribution in [3.63, 3.8) is 0 Å². The molecule has 3 amide bonds. The third kappa shape index (κ3) is 725. The van der Waals surface area contributed by atoms with Gasteiger partial charge >= 0.3 is 6.03 Å². The molecule has 5 N–H and O–H groups in total. The molecule has 0 fully saturated rings. The number of hydrogen-bond donors (Lipinski definition) is 3. The minimum Gasteiger partial charge on any atom is -0.370 e. The summed E-state index contributed by atoms with van der Waals surface area (Å²) in [5, 5.41) is 2.17. The van der Waals surface area contributed by atoms with Gasteiger partial charge in [-0.2, -0.15) is 0 Å². The van der Waals surface area contributed by atoms with Gasteiger partial charge in [0.1, 0.15) is 0 Å². The number of nitrogens with one attached hydrogen (secondary N) is 1. The maximum Gasteiger partial charge on any atom is 0.311 e. The van der Waals surface area contributed by atoms with Crippen molar-refractivity contribution in [3.05, 3.63) is 0 Å². The molecule has 0 aromatic heterocycles. The summed E-state index contributed by atoms with van der Waals surface area (Å²) < 4.78 is 0. The number of nitrogens with two attached hydrogens (primary N) is 2. The molecule has 0 aliphatic rings. The first-order valence-electron chi connectivity index (χ1n) is 2.24. The molecule has 0 spiro atoms. The lowest BCUT2D eigenvalue weighted by atomic mass is 10.8. The Kier molecular flexibility index (Phi) is 32.6. The normalized spacial score (nSPS) is 5.27. The zero-order valence-electron chi connectivity index (χ0n) is 5.47. The van der Waals surface area contributed by atoms with E-state index in [1.165, 1.54) is 14.0 Å². The topological polar surface area (TPSA) is 98.2 Å². The number of rotatable bonds is 0. The van der Waals surface area contributed by atoms with E-state index in [0.717, 1.165) is 0 Å². The van der Waals surface area contributed by atoms with Crippen LogP contribution in [0.1, 0.15) is 21.8 Å². The van der Waals surface area contributed by atoms with Crippen molar-refractivity contribution in [3.8, 4) is 0 Å². The summed E-state index contributed by atoms with van der Waals surface area (Å²) in [6.07, 6.45) is 0. The first kappa shape index (κ1) is 22.6. The van der Waals surface area contributed by atoms with E-state index < -0.39 is 6.03 Å². The first-order chi connectivity index (χ1) is 4.00. The third-order valence-corrected chi connectivity index (χ3v) is 0.246. The smallest absolute Gasteiger partial charge is 0.311 e. The Labute approximate surface area is 68.1 Å². The second-order valence-corrected chi connectivity index (χ2v) is 1.22. The lowest BCUT2D eigenvalue weighted by Crippen LogP contribution is -2.24. The number of urea groups is 1. The quantitative estimate of drug-likeness (QED) is 0.472. The molecule has 5 heteroatoms. The predicted octanol–water partition coefficient (Wildman–Crippen LogP) is 0.0483. The first-order valence-corrected chi connectivity index (χ1v) is 2.24. The van der Waals surface area contributed by atoms with Crippen molar-refractivity contribution in [1.82, 2.24) is 5.32 Å². The molecule has 0 saturated carbocycles. The molecule has 0 heterocycles. The van der Waals surface area contributed by atoms with Gasteiger partial charge in [-0.25, -0.2) is 4.79 Å². The van der Waals surface area contributed by atoms with Crippen LogP contribution in [0.4, 0.5) is 4.79 Å². The highest BCUT2D eigenvalue weighted by atomic mass is 16.2. The van der Waals surface area contributed by atoms with Gasteiger partial charge in [0.2, 0.25) is 5.91 Å². The van der Waals surface area contributed by atoms with Crippen LogP contribution in [-0.2, 0) is 4.79 Å². The van der Waals surface area contributed by atoms with Crippen LogP contribution in [0.25, 0.3) is 0 Å². The lowest BCUT2D eigenvalue weighted by molar-refractivity contribution is -0.115. The number of primary amides is 2. The van der Waals surface area contributed by atoms with Gasteiger partial charge in [-0.05, 0) is 0 Å². The second-order valence-electron chi connectivity index (χ2n) is 1.22. The molecule has 0 atom stereocenters. The van der Waals surface area contributed by atoms with Crippen molar-refractivity contribution in [2.75, 3.05) is 7.05 Å². The average molecular weight is 165 g/mol. The molecule has 0 rings (SSSR count). The van der Waals surface area contributed by atoms with E-state index in [0.29, 0.717) is 0 Å². The van der Waals surface area contributed by atoms with E-state index >= 15 is 0 Å². The van der Waals surface area contributed by atoms with Crippen molar-refractivity contribution < 1.29 is 9.59 Å². The van der Waals surface area contributed by atoms with Gasteiger partial charge in [-0.15, -0.1) is 0 Å². The van der Waals surface area contributed by atoms with Crippen molar-refractivity contribution in [2.45, 2.75) is 21.8 Å². The maximum absolute atomic E-state index is 9.48. The molecule has 0 unspecified atom stereocenters. The summed E-state index contributed by atoms with van der Waals surface area (Å²) in [6, 6.07) is -0.495. The number of hydrogen-bond acceptors (Lipinski definition) is 2. The molecule has 0 aliphatic carbocycles. The summed E-state index contributed by atoms with van der Waals surface area (Å²) >= 11 is 0. The Morgan fingerprint density at radius 3 is 1.27 bits per heavy atom. The fourth-order valence-electron chi connectivity index (χ4n) is 0. The number of amides is 3. The molecule has 70 valence electrons. The minimum absolute atomic E-state index is 0. The molecule has 11 heavy (non-hydrogen) atoms. The largest absolute Gasteiger partial charge is 0.370 e. The van der Waals surface area contributed by atoms with Crippen LogP contribution in [0.15, 0.2) is 0 Å². The van der Waals surface area contributed by atoms with Gasteiger partial charge in [0.15, 0.2) is 0 Å². The molecule has 0 aliphatic heterocycles. The van der Waals surface area contributed by atoms with E-state index in [1.807, 2.05) is 0 Å². The third-order valence-electron chi connectivity index (χ3n) is 0.246. The van der Waals surface area contributed by atoms with E-state index in [9.17, 15) is 9.59 Å². The number of carbonyl (C=O) groups is 2. The van der Waals surface area contributed by atoms with Gasteiger partial charge in [-0.3, -0.25) is 4.79 Å². The van der Waals surface area contributed by atoms with Crippen LogP contribution in [-0.4, -0.2) is 19.0 Å². The molecular weight excluding hydrogens is 146 g/mol. The summed E-state index contributed by atoms with van der Waals surface area (Å²) in [7, 11) is 1.47. The second kappa shape index (κ2) is 15.9. The van der Waals surface area contributed by atoms with E-state index in [1.54, 1.807) is 0 Å². The van der Waals surface area contributed by atoms with Gasteiger partial charge in [0, 0.05) is 14.0 Å². The zero-order valence-corrected chi connectivity index (χ0v) is 5.47. The Bertz CT molecular complexity index is 100. The van der Waals surface area contributed by atoms with Gasteiger partial charge in [-0.1, -0.05) is 14.9 Å². The Balaban J connectivity index is -0.0000000383. The molecule has 5 nitrogen and oxygen atoms in total. The van der Waals surface area contributed by atoms with Gasteiger partial charge < -0.3 is 16.8 Å². The summed E-state index contributed by atoms with van der Waals surface area (Å²) in [4.78, 5) is 18.7. The zero-order chi connectivity index (χ0) is 7.86. The standard InChI is InChI=1S/C2H6N2O.C2H5NO.2CH4/c1-4-2(3)5;1-2(3)4;;/h1H3,(H3,3,4,5);1H3,(H2,3,4);2*1H4. The molecule has 0 aromatic carbocycles. The highest BCUT2D eigenvalue weighted by Crippen LogP contribution is 1.38. The van der Waals surface area contributed by atoms with Crippen LogP contribution in [0, 0.1) is 0 Å². The Morgan fingerprint density at radius 2 is 1.27 bits per heavy atom. The fraction of sp³-hybridized carbons (Fsp3) is 0.667. The van der Waals surface area contributed by atoms with Crippen molar-refractivity contribution in [2.24, 2.45) is 11.5 Å². The van der Waals surface area contributed by atoms with Crippen LogP contribution >= 0.6 is 0 Å². The summed E-state index contributed by atoms with van der Waals surface area (Å²) in [6.45, 7) is 1.31. The van der Waals surface area contributed by atoms with Crippen molar-refractivity contribution >= 4 is 11.9 Å². The van der Waals surface area contributed by atoms with Crippen LogP contribution in [0.3, 0.4) is 0 Å². The van der Waals surface area contributed by atoms with Crippen LogP contribution < -0.4 is 16.8 Å². The lowest BCUT2D eigenvalue weighted by Gasteiger charge is -1.80. The summed E-state index contributed by atoms with van der Waals surface area (Å²) in [5.41, 5.74) is 9.01. The molecule has 0 aromatic rings. The van der Waals surface area contributed by atoms with E-state index in [4.69, 9.17) is 0 Å². The predicted molar refractivity (Wildman–Crippen MR) is 47.0 cm³/mol. The van der Waals surface area contributed by atoms with Gasteiger partial charge in [0.05, 0.1) is 0 Å². The van der Waals surface area contributed by atoms with E-state index in [-0.39, 0.29) is 20.8 Å². The fourth-order valence-corrected chi connectivity index (χ4v) is 0. The monoisotopic (exact) mass is 165 g/mol. The molecule has 0 bridgehead atoms. The average Bonchev–Trinajstić information content (AvgIpc) is 1.65. The van der Waals surface area contributed by atoms with Crippen molar-refractivity contribution in [1.29, 1.82) is 0 Å². The summed E-state index contributed by atoms with van der Waals surface area (Å²) in [5.74, 6) is -0.333. The van der Waals surface area contributed by atoms with Crippen LogP contribution in [0.5, 0.6) is 0 Å². The maximum atomic E-state index is 9.48.